The van der Waals surface area contributed by atoms with E-state index in [-0.39, 0.29) is 0 Å². The number of nitrogens with zero attached hydrogens (tertiary/aromatic N) is 1. The molecule has 0 spiro atoms. The van der Waals surface area contributed by atoms with Gasteiger partial charge in [0.05, 0.1) is 10.7 Å². The molecule has 0 saturated carbocycles. The quantitative estimate of drug-likeness (QED) is 0.212. The van der Waals surface area contributed by atoms with Crippen LogP contribution in [0.1, 0.15) is 11.3 Å². The molecule has 1 atom stereocenters. The Morgan fingerprint density at radius 3 is 1.76 bits per heavy atom. The molecule has 1 aliphatic rings. The number of aromatic nitrogens is 1. The first kappa shape index (κ1) is 24.1. The van der Waals surface area contributed by atoms with Gasteiger partial charge in [-0.2, -0.15) is 0 Å². The molecule has 0 amide bonds. The third kappa shape index (κ3) is 3.83. The Labute approximate surface area is 224 Å². The van der Waals surface area contributed by atoms with E-state index in [0.717, 1.165) is 10.0 Å². The second-order valence-corrected chi connectivity index (χ2v) is 15.4. The number of pyridine rings is 1. The summed E-state index contributed by atoms with van der Waals surface area (Å²) in [5.41, 5.74) is 2.14. The van der Waals surface area contributed by atoms with Crippen LogP contribution in [0, 0.1) is 0 Å². The molecule has 0 N–H and O–H groups in total. The van der Waals surface area contributed by atoms with Crippen molar-refractivity contribution in [2.75, 3.05) is 0 Å². The lowest BCUT2D eigenvalue weighted by molar-refractivity contribution is 0.586. The maximum atomic E-state index is 15.9. The Balaban J connectivity index is 1.83. The minimum Gasteiger partial charge on any atom is -0.308 e. The second kappa shape index (κ2) is 9.54. The molecule has 4 aromatic carbocycles. The Bertz CT molecular complexity index is 1670. The highest BCUT2D eigenvalue weighted by molar-refractivity contribution is 9.10. The Morgan fingerprint density at radius 2 is 1.19 bits per heavy atom. The standard InChI is InChI=1S/C31H22BrNO2P2/c32-23-20-21-28(33-22-23)30-27-18-10-11-19-29(27)37(35,26-16-8-3-9-17-26)31(30)36(34,24-12-4-1-5-13-24)25-14-6-2-7-15-25/h1-22H. The summed E-state index contributed by atoms with van der Waals surface area (Å²) < 4.78 is 32.4. The smallest absolute Gasteiger partial charge is 0.176 e. The SMILES string of the molecule is O=P(C1=C(c2ccc(Br)cn2)c2ccccc2P1(=O)c1ccccc1)(c1ccccc1)c1ccccc1. The number of hydrogen-bond acceptors (Lipinski definition) is 3. The van der Waals surface area contributed by atoms with Gasteiger partial charge in [-0.25, -0.2) is 0 Å². The predicted molar refractivity (Wildman–Crippen MR) is 157 cm³/mol. The molecule has 1 aliphatic heterocycles. The van der Waals surface area contributed by atoms with Crippen molar-refractivity contribution in [1.82, 2.24) is 4.98 Å². The third-order valence-electron chi connectivity index (χ3n) is 6.68. The number of hydrogen-bond donors (Lipinski definition) is 0. The number of halogens is 1. The molecule has 2 heterocycles. The predicted octanol–water partition coefficient (Wildman–Crippen LogP) is 6.90. The summed E-state index contributed by atoms with van der Waals surface area (Å²) in [6.45, 7) is 0. The maximum Gasteiger partial charge on any atom is 0.176 e. The van der Waals surface area contributed by atoms with Crippen molar-refractivity contribution in [3.05, 3.63) is 154 Å². The van der Waals surface area contributed by atoms with E-state index >= 15 is 9.13 Å². The Kier molecular flexibility index (Phi) is 6.21. The van der Waals surface area contributed by atoms with E-state index < -0.39 is 14.3 Å². The zero-order valence-corrected chi connectivity index (χ0v) is 23.1. The highest BCUT2D eigenvalue weighted by Gasteiger charge is 2.52. The van der Waals surface area contributed by atoms with Crippen molar-refractivity contribution < 1.29 is 9.13 Å². The average Bonchev–Trinajstić information content (AvgIpc) is 3.24. The van der Waals surface area contributed by atoms with E-state index in [0.29, 0.717) is 37.5 Å². The fourth-order valence-corrected chi connectivity index (χ4v) is 13.5. The van der Waals surface area contributed by atoms with Gasteiger partial charge in [0.2, 0.25) is 0 Å². The molecule has 0 radical (unpaired) electrons. The van der Waals surface area contributed by atoms with Crippen LogP contribution >= 0.6 is 30.2 Å². The van der Waals surface area contributed by atoms with Gasteiger partial charge in [-0.15, -0.1) is 0 Å². The van der Waals surface area contributed by atoms with E-state index in [1.165, 1.54) is 0 Å². The van der Waals surface area contributed by atoms with E-state index in [4.69, 9.17) is 4.98 Å². The zero-order valence-electron chi connectivity index (χ0n) is 19.7. The van der Waals surface area contributed by atoms with Crippen LogP contribution in [0.5, 0.6) is 0 Å². The fourth-order valence-electron chi connectivity index (χ4n) is 5.05. The minimum absolute atomic E-state index is 0.458. The van der Waals surface area contributed by atoms with Crippen molar-refractivity contribution in [1.29, 1.82) is 0 Å². The Morgan fingerprint density at radius 1 is 0.649 bits per heavy atom. The summed E-state index contributed by atoms with van der Waals surface area (Å²) >= 11 is 3.48. The first-order valence-electron chi connectivity index (χ1n) is 11.9. The molecule has 6 rings (SSSR count). The fraction of sp³-hybridized carbons (Fsp3) is 0. The first-order valence-corrected chi connectivity index (χ1v) is 16.1. The van der Waals surface area contributed by atoms with Gasteiger partial charge < -0.3 is 9.13 Å². The summed E-state index contributed by atoms with van der Waals surface area (Å²) in [5.74, 6) is 0. The zero-order chi connectivity index (χ0) is 25.5. The van der Waals surface area contributed by atoms with Gasteiger partial charge in [-0.3, -0.25) is 4.98 Å². The van der Waals surface area contributed by atoms with Crippen LogP contribution in [0.2, 0.25) is 0 Å². The highest BCUT2D eigenvalue weighted by Crippen LogP contribution is 2.75. The summed E-state index contributed by atoms with van der Waals surface area (Å²) in [4.78, 5) is 4.72. The van der Waals surface area contributed by atoms with Gasteiger partial charge in [-0.1, -0.05) is 115 Å². The molecular weight excluding hydrogens is 560 g/mol. The molecule has 5 aromatic rings. The summed E-state index contributed by atoms with van der Waals surface area (Å²) in [7, 11) is -7.15. The average molecular weight is 582 g/mol. The van der Waals surface area contributed by atoms with Crippen LogP contribution in [0.3, 0.4) is 0 Å². The van der Waals surface area contributed by atoms with Crippen LogP contribution in [-0.4, -0.2) is 4.98 Å². The van der Waals surface area contributed by atoms with Crippen LogP contribution in [-0.2, 0) is 9.13 Å². The highest BCUT2D eigenvalue weighted by atomic mass is 79.9. The largest absolute Gasteiger partial charge is 0.308 e. The van der Waals surface area contributed by atoms with E-state index in [1.54, 1.807) is 6.20 Å². The van der Waals surface area contributed by atoms with E-state index in [1.807, 2.05) is 127 Å². The molecular formula is C31H22BrNO2P2. The lowest BCUT2D eigenvalue weighted by Crippen LogP contribution is -2.22. The Hall–Kier alpha value is -3.29. The van der Waals surface area contributed by atoms with Crippen LogP contribution in [0.25, 0.3) is 5.57 Å². The van der Waals surface area contributed by atoms with Gasteiger partial charge >= 0.3 is 0 Å². The third-order valence-corrected chi connectivity index (χ3v) is 14.6. The monoisotopic (exact) mass is 581 g/mol. The lowest BCUT2D eigenvalue weighted by atomic mass is 10.0. The maximum absolute atomic E-state index is 15.9. The van der Waals surface area contributed by atoms with Crippen molar-refractivity contribution in [2.24, 2.45) is 0 Å². The minimum atomic E-state index is -3.61. The van der Waals surface area contributed by atoms with Gasteiger partial charge in [-0.05, 0) is 33.6 Å². The molecule has 0 aliphatic carbocycles. The van der Waals surface area contributed by atoms with Gasteiger partial charge in [0.1, 0.15) is 0 Å². The molecule has 0 bridgehead atoms. The molecule has 37 heavy (non-hydrogen) atoms. The van der Waals surface area contributed by atoms with E-state index in [9.17, 15) is 0 Å². The lowest BCUT2D eigenvalue weighted by Gasteiger charge is -2.27. The van der Waals surface area contributed by atoms with Crippen molar-refractivity contribution in [2.45, 2.75) is 0 Å². The molecule has 6 heteroatoms. The second-order valence-electron chi connectivity index (χ2n) is 8.80. The van der Waals surface area contributed by atoms with Crippen molar-refractivity contribution in [3.63, 3.8) is 0 Å². The van der Waals surface area contributed by atoms with Crippen LogP contribution < -0.4 is 21.2 Å². The summed E-state index contributed by atoms with van der Waals surface area (Å²) in [6.07, 6.45) is 1.73. The molecule has 1 unspecified atom stereocenters. The van der Waals surface area contributed by atoms with Gasteiger partial charge in [0.25, 0.3) is 0 Å². The molecule has 0 saturated heterocycles. The first-order chi connectivity index (χ1) is 18.0. The van der Waals surface area contributed by atoms with Crippen LogP contribution in [0.15, 0.2) is 143 Å². The van der Waals surface area contributed by atoms with Crippen LogP contribution in [0.4, 0.5) is 0 Å². The van der Waals surface area contributed by atoms with Crippen molar-refractivity contribution >= 4 is 57.0 Å². The normalized spacial score (nSPS) is 17.0. The van der Waals surface area contributed by atoms with Gasteiger partial charge in [0, 0.05) is 37.5 Å². The number of fused-ring (bicyclic) bond motifs is 1. The summed E-state index contributed by atoms with van der Waals surface area (Å²) in [6, 6.07) is 39.9. The molecule has 3 nitrogen and oxygen atoms in total. The topological polar surface area (TPSA) is 47.0 Å². The van der Waals surface area contributed by atoms with E-state index in [2.05, 4.69) is 15.9 Å². The van der Waals surface area contributed by atoms with Gasteiger partial charge in [0.15, 0.2) is 14.3 Å². The molecule has 1 aromatic heterocycles. The summed E-state index contributed by atoms with van der Waals surface area (Å²) in [5, 5.41) is 3.11. The molecule has 180 valence electrons. The number of rotatable bonds is 5. The molecule has 0 fully saturated rings. The number of benzene rings is 4. The van der Waals surface area contributed by atoms with Crippen molar-refractivity contribution in [3.8, 4) is 0 Å².